The molecule has 0 radical (unpaired) electrons. The molecule has 2 aromatic carbocycles. The number of carbonyl (C=O) groups is 4. The fourth-order valence-corrected chi connectivity index (χ4v) is 2.64. The summed E-state index contributed by atoms with van der Waals surface area (Å²) in [5.74, 6) is -3.54. The van der Waals surface area contributed by atoms with Gasteiger partial charge in [0.1, 0.15) is 6.54 Å². The van der Waals surface area contributed by atoms with Gasteiger partial charge in [0.05, 0.1) is 17.2 Å². The van der Waals surface area contributed by atoms with Crippen LogP contribution in [0.25, 0.3) is 0 Å². The molecule has 0 aromatic heterocycles. The quantitative estimate of drug-likeness (QED) is 0.438. The predicted octanol–water partition coefficient (Wildman–Crippen LogP) is 1.33. The van der Waals surface area contributed by atoms with E-state index < -0.39 is 42.5 Å². The molecule has 140 valence electrons. The maximum absolute atomic E-state index is 12.5. The van der Waals surface area contributed by atoms with E-state index in [2.05, 4.69) is 0 Å². The number of imide groups is 1. The predicted molar refractivity (Wildman–Crippen MR) is 93.6 cm³/mol. The SMILES string of the molecule is N#CCN1C(=O)[C@H](OC(=O)c2ccccc2)[C@@H](OC(=O)c2ccccc2)C1=O. The summed E-state index contributed by atoms with van der Waals surface area (Å²) >= 11 is 0. The molecule has 2 atom stereocenters. The molecule has 1 aliphatic heterocycles. The Labute approximate surface area is 159 Å². The van der Waals surface area contributed by atoms with Gasteiger partial charge in [0, 0.05) is 0 Å². The molecule has 8 nitrogen and oxygen atoms in total. The molecule has 2 amide bonds. The van der Waals surface area contributed by atoms with Crippen LogP contribution in [0, 0.1) is 11.3 Å². The number of nitrogens with zero attached hydrogens (tertiary/aromatic N) is 2. The van der Waals surface area contributed by atoms with Crippen LogP contribution >= 0.6 is 0 Å². The number of carbonyl (C=O) groups excluding carboxylic acids is 4. The Morgan fingerprint density at radius 1 is 0.821 bits per heavy atom. The summed E-state index contributed by atoms with van der Waals surface area (Å²) in [6.45, 7) is -0.545. The molecule has 1 saturated heterocycles. The van der Waals surface area contributed by atoms with E-state index in [9.17, 15) is 19.2 Å². The summed E-state index contributed by atoms with van der Waals surface area (Å²) in [7, 11) is 0. The second kappa shape index (κ2) is 8.14. The van der Waals surface area contributed by atoms with Gasteiger partial charge in [-0.1, -0.05) is 36.4 Å². The van der Waals surface area contributed by atoms with Crippen molar-refractivity contribution in [2.45, 2.75) is 12.2 Å². The second-order valence-corrected chi connectivity index (χ2v) is 5.80. The van der Waals surface area contributed by atoms with Gasteiger partial charge in [-0.2, -0.15) is 5.26 Å². The highest BCUT2D eigenvalue weighted by molar-refractivity contribution is 6.10. The van der Waals surface area contributed by atoms with Gasteiger partial charge in [0.2, 0.25) is 12.2 Å². The van der Waals surface area contributed by atoms with Crippen LogP contribution in [0.1, 0.15) is 20.7 Å². The highest BCUT2D eigenvalue weighted by atomic mass is 16.6. The fraction of sp³-hybridized carbons (Fsp3) is 0.150. The van der Waals surface area contributed by atoms with Crippen molar-refractivity contribution in [2.75, 3.05) is 6.54 Å². The maximum Gasteiger partial charge on any atom is 0.339 e. The molecule has 0 bridgehead atoms. The summed E-state index contributed by atoms with van der Waals surface area (Å²) in [5, 5.41) is 8.84. The first-order valence-electron chi connectivity index (χ1n) is 8.27. The molecule has 8 heteroatoms. The molecule has 1 heterocycles. The average Bonchev–Trinajstić information content (AvgIpc) is 2.94. The summed E-state index contributed by atoms with van der Waals surface area (Å²) in [5.41, 5.74) is 0.323. The zero-order chi connectivity index (χ0) is 20.1. The molecule has 0 N–H and O–H groups in total. The van der Waals surface area contributed by atoms with Gasteiger partial charge < -0.3 is 9.47 Å². The minimum Gasteiger partial charge on any atom is -0.444 e. The molecular weight excluding hydrogens is 364 g/mol. The highest BCUT2D eigenvalue weighted by Gasteiger charge is 2.52. The fourth-order valence-electron chi connectivity index (χ4n) is 2.64. The third-order valence-corrected chi connectivity index (χ3v) is 4.01. The van der Waals surface area contributed by atoms with Crippen molar-refractivity contribution in [3.8, 4) is 6.07 Å². The van der Waals surface area contributed by atoms with Crippen LogP contribution < -0.4 is 0 Å². The zero-order valence-corrected chi connectivity index (χ0v) is 14.5. The Morgan fingerprint density at radius 2 is 1.21 bits per heavy atom. The van der Waals surface area contributed by atoms with Crippen molar-refractivity contribution in [3.05, 3.63) is 71.8 Å². The molecule has 2 aromatic rings. The summed E-state index contributed by atoms with van der Waals surface area (Å²) in [4.78, 5) is 50.2. The first kappa shape index (κ1) is 18.8. The van der Waals surface area contributed by atoms with Crippen LogP contribution in [0.5, 0.6) is 0 Å². The van der Waals surface area contributed by atoms with Gasteiger partial charge in [-0.15, -0.1) is 0 Å². The number of esters is 2. The van der Waals surface area contributed by atoms with Crippen molar-refractivity contribution in [3.63, 3.8) is 0 Å². The van der Waals surface area contributed by atoms with Gasteiger partial charge >= 0.3 is 11.9 Å². The number of benzene rings is 2. The number of nitriles is 1. The standard InChI is InChI=1S/C20H14N2O6/c21-11-12-22-17(23)15(27-19(25)13-7-3-1-4-8-13)16(18(22)24)28-20(26)14-9-5-2-6-10-14/h1-10,15-16H,12H2/t15-,16-/m1/s1. The third-order valence-electron chi connectivity index (χ3n) is 4.01. The Bertz CT molecular complexity index is 880. The molecule has 1 aliphatic rings. The largest absolute Gasteiger partial charge is 0.444 e. The van der Waals surface area contributed by atoms with Crippen LogP contribution in [0.15, 0.2) is 60.7 Å². The monoisotopic (exact) mass is 378 g/mol. The van der Waals surface area contributed by atoms with Crippen LogP contribution in [0.2, 0.25) is 0 Å². The van der Waals surface area contributed by atoms with Crippen molar-refractivity contribution >= 4 is 23.8 Å². The summed E-state index contributed by atoms with van der Waals surface area (Å²) in [6.07, 6.45) is -3.33. The lowest BCUT2D eigenvalue weighted by atomic mass is 10.2. The molecule has 1 fully saturated rings. The smallest absolute Gasteiger partial charge is 0.339 e. The van der Waals surface area contributed by atoms with E-state index in [1.165, 1.54) is 24.3 Å². The zero-order valence-electron chi connectivity index (χ0n) is 14.5. The van der Waals surface area contributed by atoms with E-state index >= 15 is 0 Å². The molecule has 0 aliphatic carbocycles. The number of amides is 2. The van der Waals surface area contributed by atoms with Gasteiger partial charge in [0.15, 0.2) is 0 Å². The van der Waals surface area contributed by atoms with Crippen LogP contribution in [-0.4, -0.2) is 47.4 Å². The Hall–Kier alpha value is -3.99. The number of likely N-dealkylation sites (tertiary alicyclic amines) is 1. The van der Waals surface area contributed by atoms with E-state index in [1.54, 1.807) is 42.5 Å². The van der Waals surface area contributed by atoms with E-state index in [-0.39, 0.29) is 11.1 Å². The highest BCUT2D eigenvalue weighted by Crippen LogP contribution is 2.22. The van der Waals surface area contributed by atoms with Crippen molar-refractivity contribution in [1.29, 1.82) is 5.26 Å². The van der Waals surface area contributed by atoms with Crippen LogP contribution in [-0.2, 0) is 19.1 Å². The molecular formula is C20H14N2O6. The van der Waals surface area contributed by atoms with E-state index in [1.807, 2.05) is 0 Å². The number of rotatable bonds is 5. The first-order valence-corrected chi connectivity index (χ1v) is 8.27. The second-order valence-electron chi connectivity index (χ2n) is 5.80. The number of hydrogen-bond donors (Lipinski definition) is 0. The van der Waals surface area contributed by atoms with E-state index in [0.29, 0.717) is 4.90 Å². The lowest BCUT2D eigenvalue weighted by Gasteiger charge is -2.16. The number of ether oxygens (including phenoxy) is 2. The first-order chi connectivity index (χ1) is 13.5. The minimum atomic E-state index is -1.67. The minimum absolute atomic E-state index is 0.162. The lowest BCUT2D eigenvalue weighted by molar-refractivity contribution is -0.140. The molecule has 3 rings (SSSR count). The summed E-state index contributed by atoms with van der Waals surface area (Å²) < 4.78 is 10.3. The van der Waals surface area contributed by atoms with Crippen molar-refractivity contribution < 1.29 is 28.7 Å². The average molecular weight is 378 g/mol. The third kappa shape index (κ3) is 3.73. The Balaban J connectivity index is 1.84. The molecule has 0 spiro atoms. The van der Waals surface area contributed by atoms with Crippen molar-refractivity contribution in [1.82, 2.24) is 4.90 Å². The lowest BCUT2D eigenvalue weighted by Crippen LogP contribution is -2.37. The van der Waals surface area contributed by atoms with Crippen LogP contribution in [0.4, 0.5) is 0 Å². The van der Waals surface area contributed by atoms with Gasteiger partial charge in [0.25, 0.3) is 11.8 Å². The maximum atomic E-state index is 12.5. The molecule has 0 saturated carbocycles. The Morgan fingerprint density at radius 3 is 1.57 bits per heavy atom. The van der Waals surface area contributed by atoms with Gasteiger partial charge in [-0.3, -0.25) is 14.5 Å². The van der Waals surface area contributed by atoms with Gasteiger partial charge in [-0.25, -0.2) is 9.59 Å². The van der Waals surface area contributed by atoms with Crippen molar-refractivity contribution in [2.24, 2.45) is 0 Å². The van der Waals surface area contributed by atoms with Gasteiger partial charge in [-0.05, 0) is 24.3 Å². The molecule has 0 unspecified atom stereocenters. The van der Waals surface area contributed by atoms with Crippen LogP contribution in [0.3, 0.4) is 0 Å². The topological polar surface area (TPSA) is 114 Å². The van der Waals surface area contributed by atoms with E-state index in [0.717, 1.165) is 0 Å². The normalized spacial score (nSPS) is 18.5. The molecule has 28 heavy (non-hydrogen) atoms. The summed E-state index contributed by atoms with van der Waals surface area (Å²) in [6, 6.07) is 17.4. The van der Waals surface area contributed by atoms with E-state index in [4.69, 9.17) is 14.7 Å². The Kier molecular flexibility index (Phi) is 5.46. The number of hydrogen-bond acceptors (Lipinski definition) is 7.